The molecular formula is C12H20O. The van der Waals surface area contributed by atoms with Gasteiger partial charge in [-0.3, -0.25) is 4.79 Å². The van der Waals surface area contributed by atoms with E-state index in [1.165, 1.54) is 44.9 Å². The third-order valence-corrected chi connectivity index (χ3v) is 3.85. The average molecular weight is 180 g/mol. The summed E-state index contributed by atoms with van der Waals surface area (Å²) in [4.78, 5) is 11.2. The zero-order valence-corrected chi connectivity index (χ0v) is 8.43. The second-order valence-electron chi connectivity index (χ2n) is 4.79. The van der Waals surface area contributed by atoms with Crippen molar-refractivity contribution < 1.29 is 4.79 Å². The highest BCUT2D eigenvalue weighted by molar-refractivity contribution is 5.80. The van der Waals surface area contributed by atoms with E-state index in [9.17, 15) is 4.79 Å². The number of hydrogen-bond acceptors (Lipinski definition) is 1. The fourth-order valence-electron chi connectivity index (χ4n) is 3.03. The lowest BCUT2D eigenvalue weighted by atomic mass is 9.85. The van der Waals surface area contributed by atoms with Crippen LogP contribution >= 0.6 is 0 Å². The molecule has 2 rings (SSSR count). The minimum absolute atomic E-state index is 0.522. The Morgan fingerprint density at radius 1 is 0.846 bits per heavy atom. The molecule has 0 radical (unpaired) electrons. The molecule has 2 aliphatic carbocycles. The Kier molecular flexibility index (Phi) is 3.02. The molecule has 0 N–H and O–H groups in total. The van der Waals surface area contributed by atoms with Crippen molar-refractivity contribution in [1.82, 2.24) is 0 Å². The Labute approximate surface area is 80.9 Å². The first kappa shape index (κ1) is 9.23. The van der Waals surface area contributed by atoms with E-state index >= 15 is 0 Å². The summed E-state index contributed by atoms with van der Waals surface area (Å²) >= 11 is 0. The van der Waals surface area contributed by atoms with Gasteiger partial charge in [0.15, 0.2) is 0 Å². The van der Waals surface area contributed by atoms with Crippen LogP contribution in [0.2, 0.25) is 0 Å². The van der Waals surface area contributed by atoms with Crippen LogP contribution < -0.4 is 0 Å². The van der Waals surface area contributed by atoms with Crippen LogP contribution in [-0.2, 0) is 4.79 Å². The molecule has 74 valence electrons. The monoisotopic (exact) mass is 180 g/mol. The van der Waals surface area contributed by atoms with E-state index in [0.29, 0.717) is 5.78 Å². The number of rotatable bonds is 1. The van der Waals surface area contributed by atoms with Gasteiger partial charge in [-0.2, -0.15) is 0 Å². The van der Waals surface area contributed by atoms with Crippen molar-refractivity contribution in [2.75, 3.05) is 0 Å². The topological polar surface area (TPSA) is 17.1 Å². The number of hydrogen-bond donors (Lipinski definition) is 0. The van der Waals surface area contributed by atoms with E-state index in [4.69, 9.17) is 0 Å². The molecular weight excluding hydrogens is 160 g/mol. The van der Waals surface area contributed by atoms with Crippen LogP contribution in [-0.4, -0.2) is 5.78 Å². The van der Waals surface area contributed by atoms with Gasteiger partial charge in [0.25, 0.3) is 0 Å². The van der Waals surface area contributed by atoms with E-state index in [2.05, 4.69) is 0 Å². The van der Waals surface area contributed by atoms with Crippen molar-refractivity contribution >= 4 is 5.78 Å². The molecule has 0 saturated heterocycles. The second kappa shape index (κ2) is 4.26. The molecule has 0 heterocycles. The predicted octanol–water partition coefficient (Wildman–Crippen LogP) is 3.33. The molecule has 0 aliphatic heterocycles. The fraction of sp³-hybridized carbons (Fsp3) is 0.917. The summed E-state index contributed by atoms with van der Waals surface area (Å²) < 4.78 is 0. The minimum atomic E-state index is 0.522. The van der Waals surface area contributed by atoms with Crippen LogP contribution in [0.3, 0.4) is 0 Å². The van der Waals surface area contributed by atoms with Gasteiger partial charge in [-0.25, -0.2) is 0 Å². The average Bonchev–Trinajstić information content (AvgIpc) is 2.43. The van der Waals surface area contributed by atoms with Gasteiger partial charge < -0.3 is 0 Å². The molecule has 0 spiro atoms. The molecule has 0 bridgehead atoms. The first-order valence-corrected chi connectivity index (χ1v) is 5.88. The molecule has 1 nitrogen and oxygen atoms in total. The molecule has 0 aromatic carbocycles. The predicted molar refractivity (Wildman–Crippen MR) is 53.5 cm³/mol. The molecule has 2 saturated carbocycles. The minimum Gasteiger partial charge on any atom is -0.300 e. The summed E-state index contributed by atoms with van der Waals surface area (Å²) in [5.41, 5.74) is 0. The lowest BCUT2D eigenvalue weighted by Crippen LogP contribution is -2.11. The zero-order valence-electron chi connectivity index (χ0n) is 8.43. The second-order valence-corrected chi connectivity index (χ2v) is 4.79. The first-order valence-electron chi connectivity index (χ1n) is 5.88. The molecule has 1 unspecified atom stereocenters. The maximum Gasteiger partial charge on any atom is 0.133 e. The van der Waals surface area contributed by atoms with Crippen molar-refractivity contribution in [2.45, 2.75) is 57.8 Å². The summed E-state index contributed by atoms with van der Waals surface area (Å²) in [6.45, 7) is 0. The van der Waals surface area contributed by atoms with Gasteiger partial charge in [0.2, 0.25) is 0 Å². The molecule has 2 fully saturated rings. The molecule has 1 heteroatoms. The summed E-state index contributed by atoms with van der Waals surface area (Å²) in [6.07, 6.45) is 11.5. The summed E-state index contributed by atoms with van der Waals surface area (Å²) in [7, 11) is 0. The number of carbonyl (C=O) groups is 1. The highest BCUT2D eigenvalue weighted by Gasteiger charge is 2.29. The van der Waals surface area contributed by atoms with Crippen LogP contribution in [0.15, 0.2) is 0 Å². The smallest absolute Gasteiger partial charge is 0.133 e. The Bertz CT molecular complexity index is 178. The lowest BCUT2D eigenvalue weighted by Gasteiger charge is -2.20. The largest absolute Gasteiger partial charge is 0.300 e. The molecule has 1 atom stereocenters. The van der Waals surface area contributed by atoms with Crippen molar-refractivity contribution in [3.05, 3.63) is 0 Å². The van der Waals surface area contributed by atoms with Gasteiger partial charge in [0.05, 0.1) is 0 Å². The van der Waals surface area contributed by atoms with Crippen molar-refractivity contribution in [3.8, 4) is 0 Å². The van der Waals surface area contributed by atoms with Crippen LogP contribution in [0, 0.1) is 11.8 Å². The van der Waals surface area contributed by atoms with E-state index < -0.39 is 0 Å². The number of carbonyl (C=O) groups excluding carboxylic acids is 1. The fourth-order valence-corrected chi connectivity index (χ4v) is 3.03. The van der Waals surface area contributed by atoms with E-state index in [1.807, 2.05) is 0 Å². The number of Topliss-reactive ketones (excluding diaryl/α,β-unsaturated/α-hetero) is 1. The van der Waals surface area contributed by atoms with E-state index in [0.717, 1.165) is 24.7 Å². The molecule has 0 aromatic heterocycles. The maximum atomic E-state index is 11.2. The SMILES string of the molecule is O=C1CCC(C2CCCCCC2)C1. The molecule has 0 aromatic rings. The highest BCUT2D eigenvalue weighted by Crippen LogP contribution is 2.37. The Morgan fingerprint density at radius 2 is 1.54 bits per heavy atom. The van der Waals surface area contributed by atoms with Gasteiger partial charge in [-0.05, 0) is 18.3 Å². The van der Waals surface area contributed by atoms with Crippen LogP contribution in [0.5, 0.6) is 0 Å². The third-order valence-electron chi connectivity index (χ3n) is 3.85. The van der Waals surface area contributed by atoms with E-state index in [-0.39, 0.29) is 0 Å². The molecule has 2 aliphatic rings. The normalized spacial score (nSPS) is 32.0. The van der Waals surface area contributed by atoms with Gasteiger partial charge in [-0.15, -0.1) is 0 Å². The van der Waals surface area contributed by atoms with Gasteiger partial charge >= 0.3 is 0 Å². The Morgan fingerprint density at radius 3 is 2.08 bits per heavy atom. The van der Waals surface area contributed by atoms with Gasteiger partial charge in [-0.1, -0.05) is 38.5 Å². The molecule has 0 amide bonds. The summed E-state index contributed by atoms with van der Waals surface area (Å²) in [6, 6.07) is 0. The van der Waals surface area contributed by atoms with E-state index in [1.54, 1.807) is 0 Å². The number of ketones is 1. The zero-order chi connectivity index (χ0) is 9.10. The van der Waals surface area contributed by atoms with Crippen LogP contribution in [0.4, 0.5) is 0 Å². The maximum absolute atomic E-state index is 11.2. The quantitative estimate of drug-likeness (QED) is 0.566. The van der Waals surface area contributed by atoms with Crippen molar-refractivity contribution in [1.29, 1.82) is 0 Å². The van der Waals surface area contributed by atoms with Crippen molar-refractivity contribution in [2.24, 2.45) is 11.8 Å². The lowest BCUT2D eigenvalue weighted by molar-refractivity contribution is -0.117. The van der Waals surface area contributed by atoms with Crippen LogP contribution in [0.25, 0.3) is 0 Å². The third kappa shape index (κ3) is 2.32. The Balaban J connectivity index is 1.87. The van der Waals surface area contributed by atoms with Gasteiger partial charge in [0, 0.05) is 12.8 Å². The summed E-state index contributed by atoms with van der Waals surface area (Å²) in [5, 5.41) is 0. The Hall–Kier alpha value is -0.330. The highest BCUT2D eigenvalue weighted by atomic mass is 16.1. The standard InChI is InChI=1S/C12H20O/c13-12-8-7-11(9-12)10-5-3-1-2-4-6-10/h10-11H,1-9H2. The van der Waals surface area contributed by atoms with Crippen LogP contribution in [0.1, 0.15) is 57.8 Å². The first-order chi connectivity index (χ1) is 6.36. The van der Waals surface area contributed by atoms with Gasteiger partial charge in [0.1, 0.15) is 5.78 Å². The van der Waals surface area contributed by atoms with Crippen molar-refractivity contribution in [3.63, 3.8) is 0 Å². The summed E-state index contributed by atoms with van der Waals surface area (Å²) in [5.74, 6) is 2.19. The molecule has 13 heavy (non-hydrogen) atoms.